The monoisotopic (exact) mass is 242 g/mol. The molecule has 0 bridgehead atoms. The molecule has 4 nitrogen and oxygen atoms in total. The summed E-state index contributed by atoms with van der Waals surface area (Å²) in [5.41, 5.74) is 1.61. The van der Waals surface area contributed by atoms with Gasteiger partial charge in [-0.25, -0.2) is 4.98 Å². The fraction of sp³-hybridized carbons (Fsp3) is 0.286. The minimum absolute atomic E-state index is 0.0603. The Hall–Kier alpha value is -2.10. The van der Waals surface area contributed by atoms with Crippen molar-refractivity contribution in [2.45, 2.75) is 6.42 Å². The molecule has 18 heavy (non-hydrogen) atoms. The van der Waals surface area contributed by atoms with Crippen molar-refractivity contribution >= 4 is 5.78 Å². The van der Waals surface area contributed by atoms with Gasteiger partial charge in [-0.2, -0.15) is 0 Å². The lowest BCUT2D eigenvalue weighted by Crippen LogP contribution is -2.28. The van der Waals surface area contributed by atoms with Crippen molar-refractivity contribution in [3.63, 3.8) is 0 Å². The number of fused-ring (bicyclic) bond motifs is 1. The second-order valence-electron chi connectivity index (χ2n) is 4.61. The number of para-hydroxylation sites is 1. The van der Waals surface area contributed by atoms with Gasteiger partial charge in [0.2, 0.25) is 0 Å². The highest BCUT2D eigenvalue weighted by atomic mass is 16.5. The van der Waals surface area contributed by atoms with E-state index in [2.05, 4.69) is 4.98 Å². The van der Waals surface area contributed by atoms with Gasteiger partial charge in [0.05, 0.1) is 18.9 Å². The molecule has 0 saturated carbocycles. The van der Waals surface area contributed by atoms with Gasteiger partial charge in [-0.05, 0) is 18.1 Å². The molecule has 0 amide bonds. The molecular weight excluding hydrogens is 228 g/mol. The van der Waals surface area contributed by atoms with Crippen molar-refractivity contribution in [3.8, 4) is 5.75 Å². The maximum atomic E-state index is 12.3. The molecule has 3 rings (SSSR count). The SMILES string of the molecule is Cn1cnc(C(=O)C2COc3ccccc3C2)c1. The van der Waals surface area contributed by atoms with E-state index in [0.717, 1.165) is 17.7 Å². The minimum Gasteiger partial charge on any atom is -0.493 e. The molecule has 1 aliphatic rings. The molecule has 2 aromatic rings. The molecule has 1 aromatic heterocycles. The average Bonchev–Trinajstić information content (AvgIpc) is 2.84. The van der Waals surface area contributed by atoms with Crippen LogP contribution >= 0.6 is 0 Å². The highest BCUT2D eigenvalue weighted by Gasteiger charge is 2.27. The molecule has 1 aliphatic heterocycles. The lowest BCUT2D eigenvalue weighted by atomic mass is 9.92. The first-order valence-corrected chi connectivity index (χ1v) is 5.97. The van der Waals surface area contributed by atoms with Gasteiger partial charge < -0.3 is 9.30 Å². The number of aryl methyl sites for hydroxylation is 1. The maximum Gasteiger partial charge on any atom is 0.189 e. The van der Waals surface area contributed by atoms with Crippen molar-refractivity contribution in [1.29, 1.82) is 0 Å². The molecule has 1 aromatic carbocycles. The first-order valence-electron chi connectivity index (χ1n) is 5.97. The lowest BCUT2D eigenvalue weighted by molar-refractivity contribution is 0.0850. The third-order valence-electron chi connectivity index (χ3n) is 3.21. The Balaban J connectivity index is 1.82. The van der Waals surface area contributed by atoms with Crippen LogP contribution in [0.15, 0.2) is 36.8 Å². The Bertz CT molecular complexity index is 589. The Kier molecular flexibility index (Phi) is 2.63. The molecule has 4 heteroatoms. The van der Waals surface area contributed by atoms with E-state index in [-0.39, 0.29) is 11.7 Å². The van der Waals surface area contributed by atoms with E-state index in [4.69, 9.17) is 4.74 Å². The van der Waals surface area contributed by atoms with Gasteiger partial charge in [-0.3, -0.25) is 4.79 Å². The molecule has 1 unspecified atom stereocenters. The smallest absolute Gasteiger partial charge is 0.189 e. The van der Waals surface area contributed by atoms with Crippen molar-refractivity contribution in [2.75, 3.05) is 6.61 Å². The van der Waals surface area contributed by atoms with Crippen LogP contribution in [0.4, 0.5) is 0 Å². The van der Waals surface area contributed by atoms with Gasteiger partial charge in [0.25, 0.3) is 0 Å². The van der Waals surface area contributed by atoms with Crippen LogP contribution in [-0.2, 0) is 13.5 Å². The van der Waals surface area contributed by atoms with Crippen LogP contribution in [0.25, 0.3) is 0 Å². The number of nitrogens with zero attached hydrogens (tertiary/aromatic N) is 2. The number of hydrogen-bond donors (Lipinski definition) is 0. The third kappa shape index (κ3) is 1.90. The summed E-state index contributed by atoms with van der Waals surface area (Å²) in [4.78, 5) is 16.4. The van der Waals surface area contributed by atoms with Crippen LogP contribution in [0.2, 0.25) is 0 Å². The number of carbonyl (C=O) groups is 1. The second-order valence-corrected chi connectivity index (χ2v) is 4.61. The molecule has 0 radical (unpaired) electrons. The summed E-state index contributed by atoms with van der Waals surface area (Å²) in [5, 5.41) is 0. The van der Waals surface area contributed by atoms with E-state index in [1.54, 1.807) is 17.1 Å². The van der Waals surface area contributed by atoms with E-state index < -0.39 is 0 Å². The van der Waals surface area contributed by atoms with E-state index in [9.17, 15) is 4.79 Å². The molecule has 0 spiro atoms. The van der Waals surface area contributed by atoms with Gasteiger partial charge in [0.1, 0.15) is 11.4 Å². The molecular formula is C14H14N2O2. The number of benzene rings is 1. The first-order chi connectivity index (χ1) is 8.74. The maximum absolute atomic E-state index is 12.3. The van der Waals surface area contributed by atoms with Crippen molar-refractivity contribution in [2.24, 2.45) is 13.0 Å². The number of rotatable bonds is 2. The summed E-state index contributed by atoms with van der Waals surface area (Å²) in [7, 11) is 1.86. The van der Waals surface area contributed by atoms with Gasteiger partial charge in [0, 0.05) is 13.2 Å². The fourth-order valence-corrected chi connectivity index (χ4v) is 2.25. The van der Waals surface area contributed by atoms with Gasteiger partial charge in [-0.1, -0.05) is 18.2 Å². The molecule has 0 saturated heterocycles. The zero-order chi connectivity index (χ0) is 12.5. The van der Waals surface area contributed by atoms with Crippen LogP contribution in [0.1, 0.15) is 16.1 Å². The number of ether oxygens (including phenoxy) is 1. The quantitative estimate of drug-likeness (QED) is 0.755. The zero-order valence-electron chi connectivity index (χ0n) is 10.2. The van der Waals surface area contributed by atoms with E-state index in [1.807, 2.05) is 31.3 Å². The topological polar surface area (TPSA) is 44.1 Å². The number of imidazole rings is 1. The molecule has 92 valence electrons. The normalized spacial score (nSPS) is 17.9. The Labute approximate surface area is 105 Å². The molecule has 0 N–H and O–H groups in total. The third-order valence-corrected chi connectivity index (χ3v) is 3.21. The minimum atomic E-state index is -0.130. The Morgan fingerprint density at radius 3 is 3.06 bits per heavy atom. The van der Waals surface area contributed by atoms with E-state index >= 15 is 0 Å². The summed E-state index contributed by atoms with van der Waals surface area (Å²) >= 11 is 0. The van der Waals surface area contributed by atoms with Crippen molar-refractivity contribution in [1.82, 2.24) is 9.55 Å². The van der Waals surface area contributed by atoms with Crippen LogP contribution in [0.5, 0.6) is 5.75 Å². The predicted molar refractivity (Wildman–Crippen MR) is 66.7 cm³/mol. The molecule has 0 aliphatic carbocycles. The number of hydrogen-bond acceptors (Lipinski definition) is 3. The number of aromatic nitrogens is 2. The van der Waals surface area contributed by atoms with Gasteiger partial charge >= 0.3 is 0 Å². The average molecular weight is 242 g/mol. The summed E-state index contributed by atoms with van der Waals surface area (Å²) in [6.45, 7) is 0.437. The Morgan fingerprint density at radius 1 is 1.44 bits per heavy atom. The highest BCUT2D eigenvalue weighted by molar-refractivity contribution is 5.96. The van der Waals surface area contributed by atoms with E-state index in [1.165, 1.54) is 0 Å². The summed E-state index contributed by atoms with van der Waals surface area (Å²) < 4.78 is 7.41. The fourth-order valence-electron chi connectivity index (χ4n) is 2.25. The molecule has 2 heterocycles. The summed E-state index contributed by atoms with van der Waals surface area (Å²) in [6.07, 6.45) is 4.12. The Morgan fingerprint density at radius 2 is 2.28 bits per heavy atom. The van der Waals surface area contributed by atoms with Crippen LogP contribution in [0, 0.1) is 5.92 Å². The van der Waals surface area contributed by atoms with Crippen LogP contribution in [0.3, 0.4) is 0 Å². The zero-order valence-corrected chi connectivity index (χ0v) is 10.2. The van der Waals surface area contributed by atoms with Crippen molar-refractivity contribution in [3.05, 3.63) is 48.0 Å². The van der Waals surface area contributed by atoms with E-state index in [0.29, 0.717) is 12.3 Å². The summed E-state index contributed by atoms with van der Waals surface area (Å²) in [6, 6.07) is 7.86. The second kappa shape index (κ2) is 4.29. The number of ketones is 1. The standard InChI is InChI=1S/C14H14N2O2/c1-16-7-12(15-9-16)14(17)11-6-10-4-2-3-5-13(10)18-8-11/h2-5,7,9,11H,6,8H2,1H3. The predicted octanol–water partition coefficient (Wildman–Crippen LogP) is 1.85. The number of Topliss-reactive ketones (excluding diaryl/α,β-unsaturated/α-hetero) is 1. The lowest BCUT2D eigenvalue weighted by Gasteiger charge is -2.23. The molecule has 1 atom stereocenters. The van der Waals surface area contributed by atoms with Gasteiger partial charge in [-0.15, -0.1) is 0 Å². The first kappa shape index (κ1) is 11.0. The summed E-state index contributed by atoms with van der Waals surface area (Å²) in [5.74, 6) is 0.822. The van der Waals surface area contributed by atoms with Crippen molar-refractivity contribution < 1.29 is 9.53 Å². The van der Waals surface area contributed by atoms with Crippen LogP contribution < -0.4 is 4.74 Å². The number of carbonyl (C=O) groups excluding carboxylic acids is 1. The largest absolute Gasteiger partial charge is 0.493 e. The van der Waals surface area contributed by atoms with Gasteiger partial charge in [0.15, 0.2) is 5.78 Å². The molecule has 0 fully saturated rings. The van der Waals surface area contributed by atoms with Crippen LogP contribution in [-0.4, -0.2) is 21.9 Å². The highest BCUT2D eigenvalue weighted by Crippen LogP contribution is 2.28.